The summed E-state index contributed by atoms with van der Waals surface area (Å²) in [7, 11) is 1.88. The zero-order valence-electron chi connectivity index (χ0n) is 15.2. The van der Waals surface area contributed by atoms with Crippen molar-refractivity contribution < 1.29 is 4.74 Å². The maximum Gasteiger partial charge on any atom is 0.191 e. The van der Waals surface area contributed by atoms with Gasteiger partial charge in [-0.2, -0.15) is 0 Å². The van der Waals surface area contributed by atoms with Crippen LogP contribution in [0.5, 0.6) is 0 Å². The molecule has 2 N–H and O–H groups in total. The van der Waals surface area contributed by atoms with Crippen molar-refractivity contribution in [2.24, 2.45) is 16.3 Å². The van der Waals surface area contributed by atoms with Gasteiger partial charge < -0.3 is 15.4 Å². The summed E-state index contributed by atoms with van der Waals surface area (Å²) in [5, 5.41) is 9.47. The Morgan fingerprint density at radius 1 is 1.44 bits per heavy atom. The second kappa shape index (κ2) is 8.13. The average molecular weight is 475 g/mol. The average Bonchev–Trinajstić information content (AvgIpc) is 3.33. The molecular formula is C19H30IN3OS. The largest absolute Gasteiger partial charge is 0.377 e. The summed E-state index contributed by atoms with van der Waals surface area (Å²) in [6.45, 7) is 4.13. The molecule has 25 heavy (non-hydrogen) atoms. The number of thiophene rings is 1. The molecule has 4 atom stereocenters. The highest BCUT2D eigenvalue weighted by Gasteiger charge is 2.65. The highest BCUT2D eigenvalue weighted by atomic mass is 127. The van der Waals surface area contributed by atoms with Crippen LogP contribution in [0.2, 0.25) is 0 Å². The molecule has 2 heterocycles. The molecule has 4 unspecified atom stereocenters. The molecule has 0 amide bonds. The number of ether oxygens (including phenoxy) is 1. The van der Waals surface area contributed by atoms with Crippen molar-refractivity contribution in [1.82, 2.24) is 10.6 Å². The van der Waals surface area contributed by atoms with E-state index in [9.17, 15) is 0 Å². The molecule has 1 aliphatic heterocycles. The van der Waals surface area contributed by atoms with Crippen molar-refractivity contribution in [1.29, 1.82) is 0 Å². The number of aliphatic imine (C=N–C) groups is 1. The molecule has 2 saturated carbocycles. The van der Waals surface area contributed by atoms with Gasteiger partial charge in [-0.05, 0) is 30.7 Å². The molecule has 0 bridgehead atoms. The Balaban J connectivity index is 0.00000182. The Bertz CT molecular complexity index is 585. The molecule has 3 fully saturated rings. The SMILES string of the molecule is CN=C(NCC(C)c1cccs1)NC1C2CCOC2C12CCCC2.I. The first kappa shape index (κ1) is 19.4. The van der Waals surface area contributed by atoms with Gasteiger partial charge in [0.15, 0.2) is 5.96 Å². The van der Waals surface area contributed by atoms with E-state index >= 15 is 0 Å². The van der Waals surface area contributed by atoms with E-state index < -0.39 is 0 Å². The summed E-state index contributed by atoms with van der Waals surface area (Å²) in [6.07, 6.45) is 7.04. The van der Waals surface area contributed by atoms with Gasteiger partial charge in [-0.15, -0.1) is 35.3 Å². The van der Waals surface area contributed by atoms with Crippen molar-refractivity contribution >= 4 is 41.3 Å². The van der Waals surface area contributed by atoms with Crippen LogP contribution >= 0.6 is 35.3 Å². The van der Waals surface area contributed by atoms with Crippen LogP contribution in [0.3, 0.4) is 0 Å². The van der Waals surface area contributed by atoms with Crippen LogP contribution in [0.1, 0.15) is 49.8 Å². The van der Waals surface area contributed by atoms with E-state index in [0.29, 0.717) is 29.4 Å². The quantitative estimate of drug-likeness (QED) is 0.394. The van der Waals surface area contributed by atoms with E-state index in [2.05, 4.69) is 40.1 Å². The van der Waals surface area contributed by atoms with Crippen LogP contribution in [0.4, 0.5) is 0 Å². The summed E-state index contributed by atoms with van der Waals surface area (Å²) in [5.74, 6) is 2.14. The standard InChI is InChI=1S/C19H29N3OS.HI/c1-13(15-6-5-11-24-15)12-21-18(20-2)22-16-14-7-10-23-17(14)19(16)8-3-4-9-19;/h5-6,11,13-14,16-17H,3-4,7-10,12H2,1-2H3,(H2,20,21,22);1H. The molecule has 0 radical (unpaired) electrons. The number of nitrogens with one attached hydrogen (secondary N) is 2. The van der Waals surface area contributed by atoms with E-state index in [0.717, 1.165) is 19.1 Å². The lowest BCUT2D eigenvalue weighted by Gasteiger charge is -2.57. The molecule has 1 saturated heterocycles. The lowest BCUT2D eigenvalue weighted by Crippen LogP contribution is -2.69. The fourth-order valence-electron chi connectivity index (χ4n) is 5.17. The summed E-state index contributed by atoms with van der Waals surface area (Å²) in [6, 6.07) is 4.88. The third kappa shape index (κ3) is 3.46. The lowest BCUT2D eigenvalue weighted by atomic mass is 9.54. The van der Waals surface area contributed by atoms with Gasteiger partial charge in [-0.3, -0.25) is 4.99 Å². The number of rotatable bonds is 4. The summed E-state index contributed by atoms with van der Waals surface area (Å²) >= 11 is 1.83. The third-order valence-electron chi connectivity index (χ3n) is 6.41. The molecule has 140 valence electrons. The van der Waals surface area contributed by atoms with Crippen molar-refractivity contribution in [3.63, 3.8) is 0 Å². The molecule has 0 aromatic carbocycles. The second-order valence-electron chi connectivity index (χ2n) is 7.68. The van der Waals surface area contributed by atoms with E-state index in [1.807, 2.05) is 18.4 Å². The van der Waals surface area contributed by atoms with Crippen LogP contribution in [-0.2, 0) is 4.74 Å². The first-order chi connectivity index (χ1) is 11.7. The summed E-state index contributed by atoms with van der Waals surface area (Å²) in [5.41, 5.74) is 0.373. The molecule has 1 aromatic heterocycles. The highest BCUT2D eigenvalue weighted by Crippen LogP contribution is 2.60. The van der Waals surface area contributed by atoms with E-state index in [4.69, 9.17) is 4.74 Å². The minimum Gasteiger partial charge on any atom is -0.377 e. The normalized spacial score (nSPS) is 31.1. The predicted molar refractivity (Wildman–Crippen MR) is 115 cm³/mol. The van der Waals surface area contributed by atoms with Gasteiger partial charge in [0.25, 0.3) is 0 Å². The Labute approximate surface area is 172 Å². The summed E-state index contributed by atoms with van der Waals surface area (Å²) in [4.78, 5) is 5.92. The molecule has 3 aliphatic rings. The molecule has 4 nitrogen and oxygen atoms in total. The number of fused-ring (bicyclic) bond motifs is 2. The zero-order chi connectivity index (χ0) is 16.6. The van der Waals surface area contributed by atoms with Crippen molar-refractivity contribution in [2.75, 3.05) is 20.2 Å². The molecule has 2 aliphatic carbocycles. The number of guanidine groups is 1. The maximum atomic E-state index is 6.08. The minimum absolute atomic E-state index is 0. The first-order valence-electron chi connectivity index (χ1n) is 9.37. The van der Waals surface area contributed by atoms with Gasteiger partial charge >= 0.3 is 0 Å². The molecule has 6 heteroatoms. The van der Waals surface area contributed by atoms with Gasteiger partial charge in [0.1, 0.15) is 0 Å². The topological polar surface area (TPSA) is 45.7 Å². The fraction of sp³-hybridized carbons (Fsp3) is 0.737. The van der Waals surface area contributed by atoms with Crippen LogP contribution in [-0.4, -0.2) is 38.3 Å². The van der Waals surface area contributed by atoms with Crippen LogP contribution in [0.25, 0.3) is 0 Å². The van der Waals surface area contributed by atoms with E-state index in [1.54, 1.807) is 0 Å². The third-order valence-corrected chi connectivity index (χ3v) is 7.51. The number of nitrogens with zero attached hydrogens (tertiary/aromatic N) is 1. The Morgan fingerprint density at radius 2 is 2.24 bits per heavy atom. The number of hydrogen-bond acceptors (Lipinski definition) is 3. The monoisotopic (exact) mass is 475 g/mol. The lowest BCUT2D eigenvalue weighted by molar-refractivity contribution is -0.125. The zero-order valence-corrected chi connectivity index (χ0v) is 18.3. The van der Waals surface area contributed by atoms with Gasteiger partial charge in [-0.1, -0.05) is 25.8 Å². The molecular weight excluding hydrogens is 445 g/mol. The Morgan fingerprint density at radius 3 is 2.92 bits per heavy atom. The first-order valence-corrected chi connectivity index (χ1v) is 10.2. The van der Waals surface area contributed by atoms with Crippen molar-refractivity contribution in [3.8, 4) is 0 Å². The predicted octanol–water partition coefficient (Wildman–Crippen LogP) is 3.98. The van der Waals surface area contributed by atoms with Gasteiger partial charge in [0.2, 0.25) is 0 Å². The van der Waals surface area contributed by atoms with Gasteiger partial charge in [0, 0.05) is 48.4 Å². The smallest absolute Gasteiger partial charge is 0.191 e. The molecule has 1 aromatic rings. The van der Waals surface area contributed by atoms with Crippen LogP contribution < -0.4 is 10.6 Å². The molecule has 4 rings (SSSR count). The van der Waals surface area contributed by atoms with E-state index in [-0.39, 0.29) is 24.0 Å². The van der Waals surface area contributed by atoms with Crippen molar-refractivity contribution in [3.05, 3.63) is 22.4 Å². The van der Waals surface area contributed by atoms with Crippen LogP contribution in [0, 0.1) is 11.3 Å². The minimum atomic E-state index is 0. The van der Waals surface area contributed by atoms with Crippen LogP contribution in [0.15, 0.2) is 22.5 Å². The highest BCUT2D eigenvalue weighted by molar-refractivity contribution is 14.0. The maximum absolute atomic E-state index is 6.08. The van der Waals surface area contributed by atoms with Gasteiger partial charge in [0.05, 0.1) is 6.10 Å². The summed E-state index contributed by atoms with van der Waals surface area (Å²) < 4.78 is 6.08. The number of hydrogen-bond donors (Lipinski definition) is 2. The fourth-order valence-corrected chi connectivity index (χ4v) is 5.96. The Kier molecular flexibility index (Phi) is 6.31. The van der Waals surface area contributed by atoms with Crippen molar-refractivity contribution in [2.45, 2.75) is 57.1 Å². The number of halogens is 1. The second-order valence-corrected chi connectivity index (χ2v) is 8.66. The van der Waals surface area contributed by atoms with Gasteiger partial charge in [-0.25, -0.2) is 0 Å². The van der Waals surface area contributed by atoms with E-state index in [1.165, 1.54) is 37.0 Å². The Hall–Kier alpha value is -0.340. The molecule has 1 spiro atoms.